The molecule has 0 spiro atoms. The number of anilines is 6. The van der Waals surface area contributed by atoms with Crippen LogP contribution in [0.5, 0.6) is 23.3 Å². The number of phenolic OH excluding ortho intramolecular Hbond substituents is 1. The van der Waals surface area contributed by atoms with E-state index in [9.17, 15) is 5.11 Å². The van der Waals surface area contributed by atoms with Crippen LogP contribution in [0.15, 0.2) is 109 Å². The summed E-state index contributed by atoms with van der Waals surface area (Å²) in [5, 5.41) is 26.0. The molecule has 0 saturated carbocycles. The average Bonchev–Trinajstić information content (AvgIpc) is 3.47. The second-order valence-electron chi connectivity index (χ2n) is 12.4. The molecule has 5 aromatic rings. The summed E-state index contributed by atoms with van der Waals surface area (Å²) in [5.74, 6) is 3.50. The predicted octanol–water partition coefficient (Wildman–Crippen LogP) is 6.58. The summed E-state index contributed by atoms with van der Waals surface area (Å²) in [7, 11) is 1.62. The van der Waals surface area contributed by atoms with Crippen LogP contribution < -0.4 is 41.8 Å². The summed E-state index contributed by atoms with van der Waals surface area (Å²) in [5.41, 5.74) is 9.42. The predicted molar refractivity (Wildman–Crippen MR) is 216 cm³/mol. The molecule has 0 radical (unpaired) electrons. The number of aromatic nitrogens is 6. The average molecular weight is 743 g/mol. The Balaban J connectivity index is 1.09. The quantitative estimate of drug-likeness (QED) is 0.0421. The maximum absolute atomic E-state index is 9.60. The molecule has 1 aliphatic carbocycles. The van der Waals surface area contributed by atoms with E-state index in [0.717, 1.165) is 41.8 Å². The molecule has 0 fully saturated rings. The number of methoxy groups -OCH3 is 1. The normalized spacial score (nSPS) is 12.0. The lowest BCUT2D eigenvalue weighted by Crippen LogP contribution is -2.14. The third-order valence-corrected chi connectivity index (χ3v) is 8.23. The van der Waals surface area contributed by atoms with Gasteiger partial charge in [0.15, 0.2) is 0 Å². The number of rotatable bonds is 20. The zero-order chi connectivity index (χ0) is 38.1. The number of nitrogens with two attached hydrogens (primary N) is 1. The molecular formula is C40H46N12O3. The molecule has 6 rings (SSSR count). The van der Waals surface area contributed by atoms with Crippen molar-refractivity contribution in [2.24, 2.45) is 5.73 Å². The number of hydrogen-bond acceptors (Lipinski definition) is 15. The lowest BCUT2D eigenvalue weighted by Gasteiger charge is -2.13. The van der Waals surface area contributed by atoms with Crippen molar-refractivity contribution >= 4 is 35.4 Å². The Morgan fingerprint density at radius 3 is 2.00 bits per heavy atom. The van der Waals surface area contributed by atoms with Gasteiger partial charge in [0, 0.05) is 25.3 Å². The highest BCUT2D eigenvalue weighted by Gasteiger charge is 2.12. The highest BCUT2D eigenvalue weighted by Crippen LogP contribution is 2.27. The minimum absolute atomic E-state index is 0.148. The van der Waals surface area contributed by atoms with Gasteiger partial charge in [-0.25, -0.2) is 0 Å². The lowest BCUT2D eigenvalue weighted by atomic mass is 10.1. The molecule has 0 saturated heterocycles. The molecule has 2 aromatic heterocycles. The van der Waals surface area contributed by atoms with E-state index < -0.39 is 0 Å². The van der Waals surface area contributed by atoms with Gasteiger partial charge in [-0.1, -0.05) is 60.7 Å². The standard InChI is InChI=1S/C40H46N12O3/c1-54-34-13-7-6-12-33(34)46-39-48-35(42-25-9-8-24-41)47-36(49-39)43-26-23-29-16-20-32(21-17-29)55-40-51-37(44-27-22-28-14-18-31(53)19-15-28)50-38(52-40)45-30-10-4-2-3-5-11-30/h2-4,6-7,10-21,53H,5,8-9,22-27,41H2,1H3,(H2,44,45,50,51,52)(H3,42,43,46,47,48,49). The molecule has 1 aliphatic rings. The zero-order valence-corrected chi connectivity index (χ0v) is 30.7. The number of nitrogens with zero attached hydrogens (tertiary/aromatic N) is 6. The SMILES string of the molecule is COc1ccccc1Nc1nc(NCCCCN)nc(NCCc2ccc(Oc3nc(NCCc4ccc(O)cc4)nc(NC4=CCC=CC=C4)n3)cc2)n1. The fraction of sp³-hybridized carbons (Fsp3) is 0.250. The van der Waals surface area contributed by atoms with Gasteiger partial charge in [0.05, 0.1) is 12.8 Å². The molecule has 2 heterocycles. The van der Waals surface area contributed by atoms with Crippen LogP contribution in [0.1, 0.15) is 30.4 Å². The molecule has 55 heavy (non-hydrogen) atoms. The minimum atomic E-state index is 0.148. The lowest BCUT2D eigenvalue weighted by molar-refractivity contribution is 0.417. The number of nitrogens with one attached hydrogen (secondary N) is 5. The van der Waals surface area contributed by atoms with Crippen molar-refractivity contribution in [2.75, 3.05) is 59.9 Å². The van der Waals surface area contributed by atoms with Crippen molar-refractivity contribution in [1.82, 2.24) is 29.9 Å². The van der Waals surface area contributed by atoms with Crippen LogP contribution in [0.25, 0.3) is 0 Å². The van der Waals surface area contributed by atoms with E-state index in [1.807, 2.05) is 78.9 Å². The van der Waals surface area contributed by atoms with Crippen molar-refractivity contribution in [3.8, 4) is 23.3 Å². The Morgan fingerprint density at radius 2 is 1.29 bits per heavy atom. The summed E-state index contributed by atoms with van der Waals surface area (Å²) < 4.78 is 11.6. The van der Waals surface area contributed by atoms with Gasteiger partial charge < -0.3 is 46.9 Å². The molecule has 0 aliphatic heterocycles. The van der Waals surface area contributed by atoms with Crippen molar-refractivity contribution in [1.29, 1.82) is 0 Å². The molecular weight excluding hydrogens is 697 g/mol. The first-order valence-corrected chi connectivity index (χ1v) is 18.2. The van der Waals surface area contributed by atoms with E-state index >= 15 is 0 Å². The second-order valence-corrected chi connectivity index (χ2v) is 12.4. The number of benzene rings is 3. The summed E-state index contributed by atoms with van der Waals surface area (Å²) in [4.78, 5) is 27.4. The van der Waals surface area contributed by atoms with Crippen LogP contribution >= 0.6 is 0 Å². The maximum Gasteiger partial charge on any atom is 0.328 e. The Labute approximate surface area is 320 Å². The smallest absolute Gasteiger partial charge is 0.328 e. The summed E-state index contributed by atoms with van der Waals surface area (Å²) in [6.45, 7) is 2.47. The van der Waals surface area contributed by atoms with Crippen molar-refractivity contribution in [2.45, 2.75) is 32.1 Å². The van der Waals surface area contributed by atoms with Crippen LogP contribution in [-0.2, 0) is 12.8 Å². The molecule has 15 nitrogen and oxygen atoms in total. The summed E-state index contributed by atoms with van der Waals surface area (Å²) in [6, 6.07) is 22.6. The fourth-order valence-electron chi connectivity index (χ4n) is 5.40. The number of phenols is 1. The van der Waals surface area contributed by atoms with Gasteiger partial charge in [-0.2, -0.15) is 29.9 Å². The molecule has 0 atom stereocenters. The first kappa shape index (κ1) is 38.0. The van der Waals surface area contributed by atoms with Crippen LogP contribution in [0.2, 0.25) is 0 Å². The molecule has 8 N–H and O–H groups in total. The fourth-order valence-corrected chi connectivity index (χ4v) is 5.40. The Hall–Kier alpha value is -6.74. The third-order valence-electron chi connectivity index (χ3n) is 8.23. The van der Waals surface area contributed by atoms with Gasteiger partial charge >= 0.3 is 6.01 Å². The molecule has 284 valence electrons. The monoisotopic (exact) mass is 742 g/mol. The highest BCUT2D eigenvalue weighted by atomic mass is 16.5. The van der Waals surface area contributed by atoms with Crippen molar-refractivity contribution in [3.05, 3.63) is 120 Å². The largest absolute Gasteiger partial charge is 0.508 e. The minimum Gasteiger partial charge on any atom is -0.508 e. The van der Waals surface area contributed by atoms with Crippen molar-refractivity contribution in [3.63, 3.8) is 0 Å². The molecule has 0 amide bonds. The first-order valence-electron chi connectivity index (χ1n) is 18.2. The van der Waals surface area contributed by atoms with Gasteiger partial charge in [-0.15, -0.1) is 0 Å². The van der Waals surface area contributed by atoms with E-state index in [4.69, 9.17) is 15.2 Å². The maximum atomic E-state index is 9.60. The van der Waals surface area contributed by atoms with E-state index in [1.165, 1.54) is 0 Å². The third kappa shape index (κ3) is 12.2. The van der Waals surface area contributed by atoms with Crippen LogP contribution in [0, 0.1) is 0 Å². The van der Waals surface area contributed by atoms with Gasteiger partial charge in [0.2, 0.25) is 29.7 Å². The Morgan fingerprint density at radius 1 is 0.673 bits per heavy atom. The van der Waals surface area contributed by atoms with E-state index in [-0.39, 0.29) is 11.8 Å². The Bertz CT molecular complexity index is 2070. The van der Waals surface area contributed by atoms with Crippen LogP contribution in [0.4, 0.5) is 35.4 Å². The number of para-hydroxylation sites is 2. The summed E-state index contributed by atoms with van der Waals surface area (Å²) in [6.07, 6.45) is 14.0. The highest BCUT2D eigenvalue weighted by molar-refractivity contribution is 5.63. The Kier molecular flexibility index (Phi) is 13.8. The zero-order valence-electron chi connectivity index (χ0n) is 30.7. The van der Waals surface area contributed by atoms with E-state index in [0.29, 0.717) is 80.3 Å². The van der Waals surface area contributed by atoms with Crippen LogP contribution in [-0.4, -0.2) is 68.3 Å². The van der Waals surface area contributed by atoms with E-state index in [1.54, 1.807) is 19.2 Å². The molecule has 15 heteroatoms. The summed E-state index contributed by atoms with van der Waals surface area (Å²) >= 11 is 0. The van der Waals surface area contributed by atoms with Gasteiger partial charge in [-0.3, -0.25) is 0 Å². The number of unbranched alkanes of at least 4 members (excludes halogenated alkanes) is 1. The number of ether oxygens (including phenoxy) is 2. The number of allylic oxidation sites excluding steroid dienone is 5. The van der Waals surface area contributed by atoms with Gasteiger partial charge in [0.1, 0.15) is 17.2 Å². The second kappa shape index (κ2) is 19.9. The number of aromatic hydroxyl groups is 1. The van der Waals surface area contributed by atoms with Gasteiger partial charge in [-0.05, 0) is 92.2 Å². The van der Waals surface area contributed by atoms with Crippen LogP contribution in [0.3, 0.4) is 0 Å². The van der Waals surface area contributed by atoms with Gasteiger partial charge in [0.25, 0.3) is 0 Å². The number of hydrogen-bond donors (Lipinski definition) is 7. The molecule has 0 unspecified atom stereocenters. The topological polar surface area (TPSA) is 202 Å². The first-order chi connectivity index (χ1) is 27.0. The van der Waals surface area contributed by atoms with Crippen molar-refractivity contribution < 1.29 is 14.6 Å². The van der Waals surface area contributed by atoms with E-state index in [2.05, 4.69) is 68.6 Å². The molecule has 3 aromatic carbocycles. The molecule has 0 bridgehead atoms.